The Labute approximate surface area is 284 Å². The summed E-state index contributed by atoms with van der Waals surface area (Å²) in [6.07, 6.45) is 0. The fourth-order valence-corrected chi connectivity index (χ4v) is 7.87. The molecule has 1 nitrogen and oxygen atoms in total. The van der Waals surface area contributed by atoms with Crippen LogP contribution in [0.15, 0.2) is 186 Å². The summed E-state index contributed by atoms with van der Waals surface area (Å²) in [4.78, 5) is 0. The molecule has 1 heterocycles. The normalized spacial score (nSPS) is 11.7. The zero-order chi connectivity index (χ0) is 32.3. The summed E-state index contributed by atoms with van der Waals surface area (Å²) in [6.45, 7) is 0. The van der Waals surface area contributed by atoms with E-state index in [9.17, 15) is 0 Å². The third-order valence-electron chi connectivity index (χ3n) is 10.1. The minimum Gasteiger partial charge on any atom is -0.455 e. The van der Waals surface area contributed by atoms with E-state index in [2.05, 4.69) is 170 Å². The number of furan rings is 1. The molecule has 0 aliphatic carbocycles. The van der Waals surface area contributed by atoms with Gasteiger partial charge in [0, 0.05) is 16.3 Å². The van der Waals surface area contributed by atoms with Gasteiger partial charge in [-0.2, -0.15) is 0 Å². The fourth-order valence-electron chi connectivity index (χ4n) is 7.87. The summed E-state index contributed by atoms with van der Waals surface area (Å²) in [5, 5.41) is 9.85. The Bertz CT molecular complexity index is 2830. The predicted octanol–water partition coefficient (Wildman–Crippen LogP) is 13.7. The molecule has 49 heavy (non-hydrogen) atoms. The number of para-hydroxylation sites is 2. The van der Waals surface area contributed by atoms with Crippen LogP contribution in [0.4, 0.5) is 0 Å². The third-order valence-corrected chi connectivity index (χ3v) is 10.1. The fraction of sp³-hybridized carbons (Fsp3) is 0. The molecule has 0 saturated heterocycles. The van der Waals surface area contributed by atoms with E-state index in [-0.39, 0.29) is 0 Å². The number of hydrogen-bond donors (Lipinski definition) is 0. The minimum absolute atomic E-state index is 0.916. The lowest BCUT2D eigenvalue weighted by atomic mass is 9.84. The van der Waals surface area contributed by atoms with Crippen LogP contribution < -0.4 is 0 Å². The summed E-state index contributed by atoms with van der Waals surface area (Å²) < 4.78 is 6.41. The zero-order valence-electron chi connectivity index (χ0n) is 26.7. The van der Waals surface area contributed by atoms with E-state index in [1.54, 1.807) is 0 Å². The Morgan fingerprint density at radius 2 is 0.755 bits per heavy atom. The zero-order valence-corrected chi connectivity index (χ0v) is 26.7. The summed E-state index contributed by atoms with van der Waals surface area (Å²) in [6, 6.07) is 65.8. The van der Waals surface area contributed by atoms with Gasteiger partial charge in [0.05, 0.1) is 0 Å². The molecule has 1 aromatic heterocycles. The van der Waals surface area contributed by atoms with E-state index in [1.165, 1.54) is 65.7 Å². The van der Waals surface area contributed by atoms with Crippen LogP contribution in [-0.2, 0) is 0 Å². The first kappa shape index (κ1) is 27.7. The van der Waals surface area contributed by atoms with Crippen LogP contribution in [0.5, 0.6) is 0 Å². The third kappa shape index (κ3) is 4.40. The second-order valence-electron chi connectivity index (χ2n) is 12.8. The lowest BCUT2D eigenvalue weighted by Crippen LogP contribution is -1.92. The van der Waals surface area contributed by atoms with Crippen LogP contribution in [-0.4, -0.2) is 0 Å². The standard InChI is InChI=1S/C48H30O/c1-2-19-36-31(13-1)14-11-26-39(36)47-42-23-5-3-21-40(42)46(41-22-4-6-24-43(41)47)35-18-10-16-33(30-35)32-15-9-17-34(29-32)37-25-12-27-44-38-20-7-8-28-45(38)49-48(37)44/h1-30H. The first-order valence-corrected chi connectivity index (χ1v) is 16.8. The van der Waals surface area contributed by atoms with Gasteiger partial charge in [-0.25, -0.2) is 0 Å². The molecule has 0 radical (unpaired) electrons. The van der Waals surface area contributed by atoms with Gasteiger partial charge in [0.15, 0.2) is 0 Å². The molecule has 0 aliphatic rings. The molecular formula is C48H30O. The van der Waals surface area contributed by atoms with Gasteiger partial charge in [0.2, 0.25) is 0 Å². The Balaban J connectivity index is 1.16. The highest BCUT2D eigenvalue weighted by Gasteiger charge is 2.18. The van der Waals surface area contributed by atoms with E-state index in [0.717, 1.165) is 33.1 Å². The quantitative estimate of drug-likeness (QED) is 0.178. The maximum atomic E-state index is 6.41. The van der Waals surface area contributed by atoms with Gasteiger partial charge in [-0.1, -0.05) is 164 Å². The van der Waals surface area contributed by atoms with Crippen molar-refractivity contribution >= 4 is 54.3 Å². The van der Waals surface area contributed by atoms with Gasteiger partial charge in [-0.3, -0.25) is 0 Å². The van der Waals surface area contributed by atoms with Crippen molar-refractivity contribution < 1.29 is 4.42 Å². The van der Waals surface area contributed by atoms with Crippen molar-refractivity contribution in [2.75, 3.05) is 0 Å². The molecule has 0 aliphatic heterocycles. The maximum Gasteiger partial charge on any atom is 0.143 e. The highest BCUT2D eigenvalue weighted by Crippen LogP contribution is 2.46. The highest BCUT2D eigenvalue weighted by atomic mass is 16.3. The van der Waals surface area contributed by atoms with Crippen LogP contribution in [0.2, 0.25) is 0 Å². The van der Waals surface area contributed by atoms with Crippen molar-refractivity contribution in [2.24, 2.45) is 0 Å². The van der Waals surface area contributed by atoms with E-state index in [0.29, 0.717) is 0 Å². The highest BCUT2D eigenvalue weighted by molar-refractivity contribution is 6.23. The van der Waals surface area contributed by atoms with Crippen molar-refractivity contribution in [3.05, 3.63) is 182 Å². The van der Waals surface area contributed by atoms with Gasteiger partial charge in [0.1, 0.15) is 11.2 Å². The monoisotopic (exact) mass is 622 g/mol. The Kier molecular flexibility index (Phi) is 6.25. The van der Waals surface area contributed by atoms with Crippen LogP contribution in [0.25, 0.3) is 98.8 Å². The molecule has 10 rings (SSSR count). The van der Waals surface area contributed by atoms with Gasteiger partial charge >= 0.3 is 0 Å². The number of rotatable bonds is 4. The van der Waals surface area contributed by atoms with Crippen LogP contribution in [0, 0.1) is 0 Å². The molecule has 0 saturated carbocycles. The molecule has 0 bridgehead atoms. The van der Waals surface area contributed by atoms with Crippen molar-refractivity contribution in [1.82, 2.24) is 0 Å². The average molecular weight is 623 g/mol. The van der Waals surface area contributed by atoms with Crippen molar-refractivity contribution in [3.8, 4) is 44.5 Å². The minimum atomic E-state index is 0.916. The van der Waals surface area contributed by atoms with Gasteiger partial charge in [-0.05, 0) is 89.5 Å². The summed E-state index contributed by atoms with van der Waals surface area (Å²) in [5.41, 5.74) is 11.5. The maximum absolute atomic E-state index is 6.41. The second-order valence-corrected chi connectivity index (χ2v) is 12.8. The molecule has 1 heteroatoms. The molecule has 0 fully saturated rings. The van der Waals surface area contributed by atoms with Gasteiger partial charge < -0.3 is 4.42 Å². The van der Waals surface area contributed by atoms with E-state index < -0.39 is 0 Å². The summed E-state index contributed by atoms with van der Waals surface area (Å²) in [5.74, 6) is 0. The number of benzene rings is 9. The molecule has 0 amide bonds. The number of hydrogen-bond acceptors (Lipinski definition) is 1. The molecular weight excluding hydrogens is 593 g/mol. The predicted molar refractivity (Wildman–Crippen MR) is 208 cm³/mol. The first-order chi connectivity index (χ1) is 24.3. The Hall–Kier alpha value is -6.44. The average Bonchev–Trinajstić information content (AvgIpc) is 3.56. The van der Waals surface area contributed by atoms with Crippen LogP contribution >= 0.6 is 0 Å². The molecule has 0 spiro atoms. The Morgan fingerprint density at radius 3 is 1.49 bits per heavy atom. The van der Waals surface area contributed by atoms with Crippen molar-refractivity contribution in [2.45, 2.75) is 0 Å². The topological polar surface area (TPSA) is 13.1 Å². The van der Waals surface area contributed by atoms with E-state index in [4.69, 9.17) is 4.42 Å². The van der Waals surface area contributed by atoms with E-state index >= 15 is 0 Å². The van der Waals surface area contributed by atoms with Crippen molar-refractivity contribution in [3.63, 3.8) is 0 Å². The van der Waals surface area contributed by atoms with Crippen LogP contribution in [0.3, 0.4) is 0 Å². The summed E-state index contributed by atoms with van der Waals surface area (Å²) in [7, 11) is 0. The van der Waals surface area contributed by atoms with Crippen molar-refractivity contribution in [1.29, 1.82) is 0 Å². The first-order valence-electron chi connectivity index (χ1n) is 16.8. The molecule has 0 N–H and O–H groups in total. The van der Waals surface area contributed by atoms with E-state index in [1.807, 2.05) is 12.1 Å². The lowest BCUT2D eigenvalue weighted by Gasteiger charge is -2.19. The molecule has 9 aromatic carbocycles. The SMILES string of the molecule is c1cc(-c2cccc(-c3cccc4c3oc3ccccc34)c2)cc(-c2c3ccccc3c(-c3cccc4ccccc34)c3ccccc23)c1. The van der Waals surface area contributed by atoms with Gasteiger partial charge in [-0.15, -0.1) is 0 Å². The summed E-state index contributed by atoms with van der Waals surface area (Å²) >= 11 is 0. The second kappa shape index (κ2) is 11.1. The van der Waals surface area contributed by atoms with Crippen LogP contribution in [0.1, 0.15) is 0 Å². The number of fused-ring (bicyclic) bond motifs is 6. The molecule has 0 unspecified atom stereocenters. The molecule has 228 valence electrons. The molecule has 10 aromatic rings. The largest absolute Gasteiger partial charge is 0.455 e. The Morgan fingerprint density at radius 1 is 0.286 bits per heavy atom. The smallest absolute Gasteiger partial charge is 0.143 e. The van der Waals surface area contributed by atoms with Gasteiger partial charge in [0.25, 0.3) is 0 Å². The lowest BCUT2D eigenvalue weighted by molar-refractivity contribution is 0.670. The molecule has 0 atom stereocenters.